The van der Waals surface area contributed by atoms with Crippen LogP contribution in [0, 0.1) is 6.92 Å². The highest BCUT2D eigenvalue weighted by atomic mass is 16.2. The number of rotatable bonds is 5. The lowest BCUT2D eigenvalue weighted by Crippen LogP contribution is -2.43. The molecule has 0 amide bonds. The maximum atomic E-state index is 13.2. The van der Waals surface area contributed by atoms with Gasteiger partial charge in [-0.25, -0.2) is 14.2 Å². The van der Waals surface area contributed by atoms with Crippen molar-refractivity contribution in [2.24, 2.45) is 0 Å². The molecule has 0 spiro atoms. The molecule has 6 nitrogen and oxygen atoms in total. The van der Waals surface area contributed by atoms with E-state index in [1.807, 2.05) is 49.4 Å². The Kier molecular flexibility index (Phi) is 5.97. The molecule has 0 bridgehead atoms. The monoisotopic (exact) mass is 406 g/mol. The van der Waals surface area contributed by atoms with Gasteiger partial charge in [-0.05, 0) is 49.4 Å². The summed E-state index contributed by atoms with van der Waals surface area (Å²) in [7, 11) is 0. The van der Waals surface area contributed by atoms with Crippen LogP contribution in [0.2, 0.25) is 0 Å². The largest absolute Gasteiger partial charge is 0.355 e. The van der Waals surface area contributed by atoms with Crippen molar-refractivity contribution >= 4 is 11.6 Å². The molecule has 0 radical (unpaired) electrons. The van der Waals surface area contributed by atoms with E-state index in [1.165, 1.54) is 9.13 Å². The van der Waals surface area contributed by atoms with E-state index in [4.69, 9.17) is 0 Å². The molecule has 0 aliphatic heterocycles. The molecular weight excluding hydrogens is 376 g/mol. The molecule has 1 heterocycles. The smallest absolute Gasteiger partial charge is 0.325 e. The van der Waals surface area contributed by atoms with E-state index in [2.05, 4.69) is 37.1 Å². The van der Waals surface area contributed by atoms with Gasteiger partial charge in [0.1, 0.15) is 0 Å². The van der Waals surface area contributed by atoms with Crippen LogP contribution < -0.4 is 16.7 Å². The minimum atomic E-state index is -0.551. The van der Waals surface area contributed by atoms with E-state index in [0.29, 0.717) is 6.54 Å². The molecule has 3 aromatic rings. The zero-order valence-corrected chi connectivity index (χ0v) is 18.6. The SMILES string of the molecule is Cc1ccc(Cn2c(Nc3cccc(C(C)(C)C)c3)nc(=O)n(C(C)C)c2=O)cc1. The van der Waals surface area contributed by atoms with Crippen molar-refractivity contribution in [1.82, 2.24) is 14.1 Å². The van der Waals surface area contributed by atoms with Crippen LogP contribution in [0.25, 0.3) is 0 Å². The summed E-state index contributed by atoms with van der Waals surface area (Å²) in [4.78, 5) is 30.0. The lowest BCUT2D eigenvalue weighted by atomic mass is 9.87. The summed E-state index contributed by atoms with van der Waals surface area (Å²) in [6, 6.07) is 15.7. The number of hydrogen-bond acceptors (Lipinski definition) is 4. The Labute approximate surface area is 177 Å². The minimum Gasteiger partial charge on any atom is -0.325 e. The van der Waals surface area contributed by atoms with Crippen molar-refractivity contribution < 1.29 is 0 Å². The molecule has 158 valence electrons. The first-order valence-corrected chi connectivity index (χ1v) is 10.2. The Morgan fingerprint density at radius 3 is 2.30 bits per heavy atom. The second-order valence-electron chi connectivity index (χ2n) is 8.99. The van der Waals surface area contributed by atoms with Gasteiger partial charge in [0.05, 0.1) is 6.54 Å². The van der Waals surface area contributed by atoms with Gasteiger partial charge in [0.2, 0.25) is 5.95 Å². The summed E-state index contributed by atoms with van der Waals surface area (Å²) in [5.41, 5.74) is 3.10. The second kappa shape index (κ2) is 8.30. The quantitative estimate of drug-likeness (QED) is 0.683. The van der Waals surface area contributed by atoms with E-state index in [0.717, 1.165) is 22.4 Å². The maximum absolute atomic E-state index is 13.2. The van der Waals surface area contributed by atoms with Gasteiger partial charge in [-0.1, -0.05) is 62.7 Å². The van der Waals surface area contributed by atoms with Crippen LogP contribution in [-0.2, 0) is 12.0 Å². The van der Waals surface area contributed by atoms with E-state index >= 15 is 0 Å². The minimum absolute atomic E-state index is 0.0201. The first-order valence-electron chi connectivity index (χ1n) is 10.2. The van der Waals surface area contributed by atoms with Crippen molar-refractivity contribution in [3.8, 4) is 0 Å². The fourth-order valence-corrected chi connectivity index (χ4v) is 3.26. The molecule has 6 heteroatoms. The first-order chi connectivity index (χ1) is 14.1. The number of benzene rings is 2. The number of aryl methyl sites for hydroxylation is 1. The molecule has 1 aromatic heterocycles. The number of nitrogens with one attached hydrogen (secondary N) is 1. The Hall–Kier alpha value is -3.15. The third-order valence-electron chi connectivity index (χ3n) is 5.06. The van der Waals surface area contributed by atoms with Crippen LogP contribution in [0.5, 0.6) is 0 Å². The normalized spacial score (nSPS) is 11.7. The highest BCUT2D eigenvalue weighted by Gasteiger charge is 2.17. The van der Waals surface area contributed by atoms with E-state index in [9.17, 15) is 9.59 Å². The molecule has 0 unspecified atom stereocenters. The van der Waals surface area contributed by atoms with Crippen LogP contribution >= 0.6 is 0 Å². The molecule has 0 saturated heterocycles. The van der Waals surface area contributed by atoms with Gasteiger partial charge in [0, 0.05) is 11.7 Å². The van der Waals surface area contributed by atoms with Gasteiger partial charge in [-0.15, -0.1) is 0 Å². The molecule has 0 fully saturated rings. The Bertz CT molecular complexity index is 1150. The van der Waals surface area contributed by atoms with E-state index in [-0.39, 0.29) is 23.1 Å². The molecule has 2 aromatic carbocycles. The maximum Gasteiger partial charge on any atom is 0.355 e. The second-order valence-corrected chi connectivity index (χ2v) is 8.99. The van der Waals surface area contributed by atoms with Crippen molar-refractivity contribution in [3.05, 3.63) is 86.2 Å². The summed E-state index contributed by atoms with van der Waals surface area (Å²) >= 11 is 0. The third-order valence-corrected chi connectivity index (χ3v) is 5.06. The molecule has 0 saturated carbocycles. The standard InChI is InChI=1S/C24H30N4O2/c1-16(2)28-22(29)26-21(25-20-9-7-8-19(14-20)24(4,5)6)27(23(28)30)15-18-12-10-17(3)11-13-18/h7-14,16H,15H2,1-6H3,(H,25,26,29). The fraction of sp³-hybridized carbons (Fsp3) is 0.375. The average molecular weight is 407 g/mol. The summed E-state index contributed by atoms with van der Waals surface area (Å²) in [6.07, 6.45) is 0. The van der Waals surface area contributed by atoms with E-state index < -0.39 is 5.69 Å². The lowest BCUT2D eigenvalue weighted by Gasteiger charge is -2.21. The summed E-state index contributed by atoms with van der Waals surface area (Å²) in [5.74, 6) is 0.244. The van der Waals surface area contributed by atoms with Crippen LogP contribution in [0.1, 0.15) is 57.4 Å². The van der Waals surface area contributed by atoms with Gasteiger partial charge < -0.3 is 5.32 Å². The van der Waals surface area contributed by atoms with Gasteiger partial charge in [0.15, 0.2) is 0 Å². The van der Waals surface area contributed by atoms with Crippen molar-refractivity contribution in [3.63, 3.8) is 0 Å². The number of hydrogen-bond donors (Lipinski definition) is 1. The highest BCUT2D eigenvalue weighted by molar-refractivity contribution is 5.55. The van der Waals surface area contributed by atoms with Crippen molar-refractivity contribution in [2.45, 2.75) is 59.5 Å². The van der Waals surface area contributed by atoms with Crippen LogP contribution in [0.3, 0.4) is 0 Å². The predicted octanol–water partition coefficient (Wildman–Crippen LogP) is 4.38. The zero-order chi connectivity index (χ0) is 22.1. The Morgan fingerprint density at radius 1 is 1.03 bits per heavy atom. The fourth-order valence-electron chi connectivity index (χ4n) is 3.26. The topological polar surface area (TPSA) is 68.9 Å². The third kappa shape index (κ3) is 4.70. The van der Waals surface area contributed by atoms with Crippen molar-refractivity contribution in [1.29, 1.82) is 0 Å². The molecule has 30 heavy (non-hydrogen) atoms. The van der Waals surface area contributed by atoms with Gasteiger partial charge >= 0.3 is 11.4 Å². The van der Waals surface area contributed by atoms with Gasteiger partial charge in [-0.3, -0.25) is 4.57 Å². The molecule has 0 aliphatic carbocycles. The summed E-state index contributed by atoms with van der Waals surface area (Å²) < 4.78 is 2.71. The molecule has 0 atom stereocenters. The highest BCUT2D eigenvalue weighted by Crippen LogP contribution is 2.25. The van der Waals surface area contributed by atoms with Crippen LogP contribution in [0.15, 0.2) is 58.1 Å². The van der Waals surface area contributed by atoms with Crippen LogP contribution in [-0.4, -0.2) is 14.1 Å². The van der Waals surface area contributed by atoms with Crippen LogP contribution in [0.4, 0.5) is 11.6 Å². The summed E-state index contributed by atoms with van der Waals surface area (Å²) in [6.45, 7) is 12.4. The first kappa shape index (κ1) is 21.6. The molecule has 1 N–H and O–H groups in total. The Morgan fingerprint density at radius 2 is 1.70 bits per heavy atom. The van der Waals surface area contributed by atoms with Gasteiger partial charge in [-0.2, -0.15) is 4.98 Å². The van der Waals surface area contributed by atoms with E-state index in [1.54, 1.807) is 13.8 Å². The number of nitrogens with zero attached hydrogens (tertiary/aromatic N) is 3. The average Bonchev–Trinajstić information content (AvgIpc) is 2.65. The number of aromatic nitrogens is 3. The van der Waals surface area contributed by atoms with Gasteiger partial charge in [0.25, 0.3) is 0 Å². The molecule has 3 rings (SSSR count). The molecular formula is C24H30N4O2. The number of anilines is 2. The molecule has 0 aliphatic rings. The predicted molar refractivity (Wildman–Crippen MR) is 122 cm³/mol. The van der Waals surface area contributed by atoms with Crippen molar-refractivity contribution in [2.75, 3.05) is 5.32 Å². The summed E-state index contributed by atoms with van der Waals surface area (Å²) in [5, 5.41) is 3.20. The zero-order valence-electron chi connectivity index (χ0n) is 18.6. The lowest BCUT2D eigenvalue weighted by molar-refractivity contribution is 0.497. The Balaban J connectivity index is 2.10.